The molecule has 1 aliphatic rings. The molecule has 13 heavy (non-hydrogen) atoms. The zero-order valence-corrected chi connectivity index (χ0v) is 7.62. The molecule has 2 rings (SSSR count). The number of rotatable bonds is 1. The molecule has 0 saturated carbocycles. The fourth-order valence-electron chi connectivity index (χ4n) is 1.60. The molecule has 2 nitrogen and oxygen atoms in total. The molecule has 0 bridgehead atoms. The van der Waals surface area contributed by atoms with Crippen LogP contribution in [0, 0.1) is 6.92 Å². The SMILES string of the molecule is Cc1ccc(C2CCOC2=O)cc1. The molecule has 0 spiro atoms. The maximum Gasteiger partial charge on any atom is 0.313 e. The topological polar surface area (TPSA) is 26.3 Å². The minimum atomic E-state index is -0.0798. The van der Waals surface area contributed by atoms with E-state index in [1.807, 2.05) is 31.2 Å². The third-order valence-electron chi connectivity index (χ3n) is 2.42. The monoisotopic (exact) mass is 176 g/mol. The van der Waals surface area contributed by atoms with E-state index in [0.29, 0.717) is 6.61 Å². The fraction of sp³-hybridized carbons (Fsp3) is 0.364. The standard InChI is InChI=1S/C11H12O2/c1-8-2-4-9(5-3-8)10-6-7-13-11(10)12/h2-5,10H,6-7H2,1H3. The zero-order valence-electron chi connectivity index (χ0n) is 7.62. The first kappa shape index (κ1) is 8.30. The van der Waals surface area contributed by atoms with Gasteiger partial charge in [-0.15, -0.1) is 0 Å². The Labute approximate surface area is 77.5 Å². The number of hydrogen-bond acceptors (Lipinski definition) is 2. The van der Waals surface area contributed by atoms with E-state index >= 15 is 0 Å². The molecule has 0 aliphatic carbocycles. The van der Waals surface area contributed by atoms with Crippen LogP contribution in [0.5, 0.6) is 0 Å². The predicted molar refractivity (Wildman–Crippen MR) is 49.5 cm³/mol. The summed E-state index contributed by atoms with van der Waals surface area (Å²) in [5.41, 5.74) is 2.29. The smallest absolute Gasteiger partial charge is 0.313 e. The molecular weight excluding hydrogens is 164 g/mol. The normalized spacial score (nSPS) is 21.6. The van der Waals surface area contributed by atoms with Crippen molar-refractivity contribution in [3.8, 4) is 0 Å². The number of hydrogen-bond donors (Lipinski definition) is 0. The van der Waals surface area contributed by atoms with Crippen LogP contribution >= 0.6 is 0 Å². The first-order valence-electron chi connectivity index (χ1n) is 4.50. The summed E-state index contributed by atoms with van der Waals surface area (Å²) in [5.74, 6) is -0.107. The Balaban J connectivity index is 2.25. The number of carbonyl (C=O) groups is 1. The Kier molecular flexibility index (Phi) is 2.05. The Morgan fingerprint density at radius 1 is 1.31 bits per heavy atom. The highest BCUT2D eigenvalue weighted by Gasteiger charge is 2.27. The van der Waals surface area contributed by atoms with Crippen molar-refractivity contribution in [2.45, 2.75) is 19.3 Å². The van der Waals surface area contributed by atoms with Gasteiger partial charge < -0.3 is 4.74 Å². The molecule has 0 N–H and O–H groups in total. The molecule has 0 aromatic heterocycles. The van der Waals surface area contributed by atoms with Crippen LogP contribution in [0.1, 0.15) is 23.5 Å². The molecule has 1 aliphatic heterocycles. The first-order valence-corrected chi connectivity index (χ1v) is 4.50. The van der Waals surface area contributed by atoms with E-state index in [0.717, 1.165) is 12.0 Å². The predicted octanol–water partition coefficient (Wildman–Crippen LogP) is 2.03. The number of aryl methyl sites for hydroxylation is 1. The van der Waals surface area contributed by atoms with Gasteiger partial charge in [-0.05, 0) is 18.9 Å². The molecule has 1 saturated heterocycles. The van der Waals surface area contributed by atoms with Crippen LogP contribution in [-0.4, -0.2) is 12.6 Å². The summed E-state index contributed by atoms with van der Waals surface area (Å²) in [6.07, 6.45) is 0.821. The summed E-state index contributed by atoms with van der Waals surface area (Å²) in [6.45, 7) is 2.61. The lowest BCUT2D eigenvalue weighted by molar-refractivity contribution is -0.139. The summed E-state index contributed by atoms with van der Waals surface area (Å²) in [7, 11) is 0. The van der Waals surface area contributed by atoms with Crippen molar-refractivity contribution < 1.29 is 9.53 Å². The second kappa shape index (κ2) is 3.21. The van der Waals surface area contributed by atoms with Crippen LogP contribution in [-0.2, 0) is 9.53 Å². The van der Waals surface area contributed by atoms with Gasteiger partial charge in [-0.3, -0.25) is 4.79 Å². The summed E-state index contributed by atoms with van der Waals surface area (Å²) in [6, 6.07) is 8.07. The third-order valence-corrected chi connectivity index (χ3v) is 2.42. The molecule has 68 valence electrons. The van der Waals surface area contributed by atoms with Crippen molar-refractivity contribution in [3.63, 3.8) is 0 Å². The highest BCUT2D eigenvalue weighted by Crippen LogP contribution is 2.26. The lowest BCUT2D eigenvalue weighted by Crippen LogP contribution is -2.05. The molecule has 1 fully saturated rings. The van der Waals surface area contributed by atoms with Gasteiger partial charge in [-0.25, -0.2) is 0 Å². The summed E-state index contributed by atoms with van der Waals surface area (Å²) in [5, 5.41) is 0. The van der Waals surface area contributed by atoms with Crippen molar-refractivity contribution in [2.24, 2.45) is 0 Å². The maximum absolute atomic E-state index is 11.2. The molecule has 0 amide bonds. The summed E-state index contributed by atoms with van der Waals surface area (Å²) < 4.78 is 4.91. The van der Waals surface area contributed by atoms with Crippen LogP contribution in [0.3, 0.4) is 0 Å². The van der Waals surface area contributed by atoms with Crippen molar-refractivity contribution in [3.05, 3.63) is 35.4 Å². The average molecular weight is 176 g/mol. The second-order valence-corrected chi connectivity index (χ2v) is 3.42. The van der Waals surface area contributed by atoms with Crippen LogP contribution in [0.2, 0.25) is 0 Å². The van der Waals surface area contributed by atoms with Gasteiger partial charge in [-0.2, -0.15) is 0 Å². The van der Waals surface area contributed by atoms with Crippen molar-refractivity contribution in [1.82, 2.24) is 0 Å². The van der Waals surface area contributed by atoms with Crippen LogP contribution in [0.15, 0.2) is 24.3 Å². The van der Waals surface area contributed by atoms with Gasteiger partial charge in [0.2, 0.25) is 0 Å². The Bertz CT molecular complexity index is 313. The largest absolute Gasteiger partial charge is 0.465 e. The van der Waals surface area contributed by atoms with E-state index < -0.39 is 0 Å². The van der Waals surface area contributed by atoms with E-state index in [4.69, 9.17) is 4.74 Å². The molecule has 1 aromatic rings. The first-order chi connectivity index (χ1) is 6.27. The minimum absolute atomic E-state index is 0.0272. The van der Waals surface area contributed by atoms with E-state index in [-0.39, 0.29) is 11.9 Å². The van der Waals surface area contributed by atoms with E-state index in [2.05, 4.69) is 0 Å². The quantitative estimate of drug-likeness (QED) is 0.612. The van der Waals surface area contributed by atoms with Gasteiger partial charge in [0, 0.05) is 0 Å². The summed E-state index contributed by atoms with van der Waals surface area (Å²) >= 11 is 0. The molecule has 1 atom stereocenters. The van der Waals surface area contributed by atoms with E-state index in [1.165, 1.54) is 5.56 Å². The van der Waals surface area contributed by atoms with Crippen molar-refractivity contribution in [1.29, 1.82) is 0 Å². The van der Waals surface area contributed by atoms with Gasteiger partial charge in [0.05, 0.1) is 12.5 Å². The van der Waals surface area contributed by atoms with Gasteiger partial charge >= 0.3 is 5.97 Å². The Morgan fingerprint density at radius 2 is 2.00 bits per heavy atom. The Hall–Kier alpha value is -1.31. The van der Waals surface area contributed by atoms with Crippen LogP contribution < -0.4 is 0 Å². The van der Waals surface area contributed by atoms with Crippen LogP contribution in [0.4, 0.5) is 0 Å². The number of cyclic esters (lactones) is 1. The lowest BCUT2D eigenvalue weighted by Gasteiger charge is -2.05. The van der Waals surface area contributed by atoms with E-state index in [1.54, 1.807) is 0 Å². The highest BCUT2D eigenvalue weighted by molar-refractivity contribution is 5.79. The Morgan fingerprint density at radius 3 is 2.54 bits per heavy atom. The molecule has 1 heterocycles. The number of ether oxygens (including phenoxy) is 1. The van der Waals surface area contributed by atoms with Crippen molar-refractivity contribution in [2.75, 3.05) is 6.61 Å². The molecule has 2 heteroatoms. The third kappa shape index (κ3) is 1.57. The molecule has 1 aromatic carbocycles. The second-order valence-electron chi connectivity index (χ2n) is 3.42. The highest BCUT2D eigenvalue weighted by atomic mass is 16.5. The number of esters is 1. The molecule has 0 radical (unpaired) electrons. The fourth-order valence-corrected chi connectivity index (χ4v) is 1.60. The number of carbonyl (C=O) groups excluding carboxylic acids is 1. The lowest BCUT2D eigenvalue weighted by atomic mass is 9.97. The molecule has 1 unspecified atom stereocenters. The minimum Gasteiger partial charge on any atom is -0.465 e. The van der Waals surface area contributed by atoms with E-state index in [9.17, 15) is 4.79 Å². The number of benzene rings is 1. The van der Waals surface area contributed by atoms with Gasteiger partial charge in [0.1, 0.15) is 0 Å². The average Bonchev–Trinajstić information content (AvgIpc) is 2.53. The van der Waals surface area contributed by atoms with Gasteiger partial charge in [0.25, 0.3) is 0 Å². The summed E-state index contributed by atoms with van der Waals surface area (Å²) in [4.78, 5) is 11.2. The zero-order chi connectivity index (χ0) is 9.26. The van der Waals surface area contributed by atoms with Gasteiger partial charge in [-0.1, -0.05) is 29.8 Å². The molecular formula is C11H12O2. The van der Waals surface area contributed by atoms with Crippen LogP contribution in [0.25, 0.3) is 0 Å². The van der Waals surface area contributed by atoms with Crippen molar-refractivity contribution >= 4 is 5.97 Å². The van der Waals surface area contributed by atoms with Gasteiger partial charge in [0.15, 0.2) is 0 Å². The maximum atomic E-state index is 11.2.